The van der Waals surface area contributed by atoms with Crippen LogP contribution >= 0.6 is 24.0 Å². The zero-order chi connectivity index (χ0) is 17.2. The molecule has 7 nitrogen and oxygen atoms in total. The molecule has 0 amide bonds. The van der Waals surface area contributed by atoms with E-state index in [1.807, 2.05) is 23.9 Å². The zero-order valence-electron chi connectivity index (χ0n) is 15.2. The Kier molecular flexibility index (Phi) is 10.5. The number of likely N-dealkylation sites (tertiary alicyclic amines) is 1. The van der Waals surface area contributed by atoms with Crippen LogP contribution < -0.4 is 5.32 Å². The number of aromatic nitrogens is 2. The van der Waals surface area contributed by atoms with Crippen molar-refractivity contribution in [1.82, 2.24) is 20.0 Å². The largest absolute Gasteiger partial charge is 0.466 e. The summed E-state index contributed by atoms with van der Waals surface area (Å²) in [7, 11) is 0. The highest BCUT2D eigenvalue weighted by atomic mass is 127. The summed E-state index contributed by atoms with van der Waals surface area (Å²) in [5, 5.41) is 7.55. The molecular weight excluding hydrogens is 433 g/mol. The number of halogens is 1. The van der Waals surface area contributed by atoms with Gasteiger partial charge in [0.1, 0.15) is 0 Å². The van der Waals surface area contributed by atoms with Crippen LogP contribution in [0.3, 0.4) is 0 Å². The van der Waals surface area contributed by atoms with Crippen molar-refractivity contribution in [1.29, 1.82) is 0 Å². The highest BCUT2D eigenvalue weighted by Crippen LogP contribution is 2.18. The molecule has 0 bridgehead atoms. The molecule has 0 aromatic carbocycles. The molecule has 1 fully saturated rings. The molecule has 0 saturated carbocycles. The van der Waals surface area contributed by atoms with Gasteiger partial charge in [0.25, 0.3) is 0 Å². The SMILES string of the molecule is CCNC(=NCCCn1cccn1)N1CCC(C(=O)OCC)CC1.I. The predicted molar refractivity (Wildman–Crippen MR) is 109 cm³/mol. The Morgan fingerprint density at radius 3 is 2.72 bits per heavy atom. The summed E-state index contributed by atoms with van der Waals surface area (Å²) in [6.07, 6.45) is 6.37. The number of ether oxygens (including phenoxy) is 1. The lowest BCUT2D eigenvalue weighted by Crippen LogP contribution is -2.46. The first kappa shape index (κ1) is 21.7. The molecule has 0 radical (unpaired) electrons. The third-order valence-corrected chi connectivity index (χ3v) is 4.12. The molecule has 0 atom stereocenters. The van der Waals surface area contributed by atoms with Gasteiger partial charge in [0.15, 0.2) is 5.96 Å². The molecule has 1 saturated heterocycles. The van der Waals surface area contributed by atoms with Gasteiger partial charge in [0, 0.05) is 45.1 Å². The van der Waals surface area contributed by atoms with Crippen LogP contribution in [0.4, 0.5) is 0 Å². The molecule has 8 heteroatoms. The maximum Gasteiger partial charge on any atom is 0.309 e. The summed E-state index contributed by atoms with van der Waals surface area (Å²) in [4.78, 5) is 18.8. The van der Waals surface area contributed by atoms with E-state index >= 15 is 0 Å². The molecule has 0 spiro atoms. The van der Waals surface area contributed by atoms with Crippen molar-refractivity contribution in [2.45, 2.75) is 39.7 Å². The fraction of sp³-hybridized carbons (Fsp3) is 0.706. The second kappa shape index (κ2) is 12.1. The van der Waals surface area contributed by atoms with E-state index in [2.05, 4.69) is 22.2 Å². The molecule has 2 rings (SSSR count). The fourth-order valence-electron chi connectivity index (χ4n) is 2.86. The molecule has 1 N–H and O–H groups in total. The number of hydrogen-bond donors (Lipinski definition) is 1. The summed E-state index contributed by atoms with van der Waals surface area (Å²) in [6, 6.07) is 1.93. The molecule has 142 valence electrons. The molecule has 1 aromatic rings. The number of piperidine rings is 1. The van der Waals surface area contributed by atoms with E-state index in [1.54, 1.807) is 6.20 Å². The van der Waals surface area contributed by atoms with Crippen molar-refractivity contribution in [3.05, 3.63) is 18.5 Å². The lowest BCUT2D eigenvalue weighted by Gasteiger charge is -2.33. The van der Waals surface area contributed by atoms with Gasteiger partial charge >= 0.3 is 5.97 Å². The van der Waals surface area contributed by atoms with E-state index in [-0.39, 0.29) is 35.9 Å². The van der Waals surface area contributed by atoms with Gasteiger partial charge in [-0.2, -0.15) is 5.10 Å². The lowest BCUT2D eigenvalue weighted by atomic mass is 9.97. The van der Waals surface area contributed by atoms with Crippen LogP contribution in [0.5, 0.6) is 0 Å². The van der Waals surface area contributed by atoms with Crippen molar-refractivity contribution in [3.63, 3.8) is 0 Å². The number of rotatable bonds is 7. The van der Waals surface area contributed by atoms with Crippen LogP contribution in [0.1, 0.15) is 33.1 Å². The van der Waals surface area contributed by atoms with Gasteiger partial charge in [0.05, 0.1) is 12.5 Å². The van der Waals surface area contributed by atoms with Gasteiger partial charge in [-0.15, -0.1) is 24.0 Å². The Hall–Kier alpha value is -1.32. The first-order chi connectivity index (χ1) is 11.7. The van der Waals surface area contributed by atoms with Crippen molar-refractivity contribution in [2.24, 2.45) is 10.9 Å². The molecule has 25 heavy (non-hydrogen) atoms. The first-order valence-electron chi connectivity index (χ1n) is 8.92. The van der Waals surface area contributed by atoms with Crippen LogP contribution in [0.25, 0.3) is 0 Å². The maximum atomic E-state index is 11.8. The van der Waals surface area contributed by atoms with Crippen LogP contribution in [0.2, 0.25) is 0 Å². The van der Waals surface area contributed by atoms with Crippen LogP contribution in [0.15, 0.2) is 23.5 Å². The third kappa shape index (κ3) is 7.21. The van der Waals surface area contributed by atoms with E-state index in [4.69, 9.17) is 9.73 Å². The number of carbonyl (C=O) groups excluding carboxylic acids is 1. The lowest BCUT2D eigenvalue weighted by molar-refractivity contribution is -0.149. The molecule has 2 heterocycles. The number of aryl methyl sites for hydroxylation is 1. The second-order valence-corrected chi connectivity index (χ2v) is 5.87. The smallest absolute Gasteiger partial charge is 0.309 e. The normalized spacial score (nSPS) is 15.6. The number of aliphatic imine (C=N–C) groups is 1. The van der Waals surface area contributed by atoms with Gasteiger partial charge in [0.2, 0.25) is 0 Å². The highest BCUT2D eigenvalue weighted by Gasteiger charge is 2.27. The Labute approximate surface area is 167 Å². The average molecular weight is 463 g/mol. The van der Waals surface area contributed by atoms with Crippen molar-refractivity contribution >= 4 is 35.9 Å². The number of guanidine groups is 1. The van der Waals surface area contributed by atoms with Gasteiger partial charge in [-0.05, 0) is 39.2 Å². The van der Waals surface area contributed by atoms with E-state index in [9.17, 15) is 4.79 Å². The molecule has 0 unspecified atom stereocenters. The fourth-order valence-corrected chi connectivity index (χ4v) is 2.86. The number of esters is 1. The Bertz CT molecular complexity index is 513. The van der Waals surface area contributed by atoms with Gasteiger partial charge in [-0.3, -0.25) is 14.5 Å². The van der Waals surface area contributed by atoms with Crippen molar-refractivity contribution in [3.8, 4) is 0 Å². The molecule has 0 aliphatic carbocycles. The van der Waals surface area contributed by atoms with Crippen LogP contribution in [0, 0.1) is 5.92 Å². The van der Waals surface area contributed by atoms with E-state index in [1.165, 1.54) is 0 Å². The summed E-state index contributed by atoms with van der Waals surface area (Å²) in [5.74, 6) is 0.919. The molecule has 1 aromatic heterocycles. The maximum absolute atomic E-state index is 11.8. The molecule has 1 aliphatic rings. The van der Waals surface area contributed by atoms with Gasteiger partial charge in [-0.25, -0.2) is 0 Å². The van der Waals surface area contributed by atoms with E-state index < -0.39 is 0 Å². The predicted octanol–water partition coefficient (Wildman–Crippen LogP) is 2.13. The minimum atomic E-state index is -0.0571. The minimum Gasteiger partial charge on any atom is -0.466 e. The quantitative estimate of drug-likeness (QED) is 0.221. The average Bonchev–Trinajstić information content (AvgIpc) is 3.11. The zero-order valence-corrected chi connectivity index (χ0v) is 17.5. The summed E-state index contributed by atoms with van der Waals surface area (Å²) < 4.78 is 7.05. The van der Waals surface area contributed by atoms with Gasteiger partial charge < -0.3 is 15.0 Å². The number of carbonyl (C=O) groups is 1. The van der Waals surface area contributed by atoms with E-state index in [0.717, 1.165) is 57.9 Å². The number of hydrogen-bond acceptors (Lipinski definition) is 4. The monoisotopic (exact) mass is 463 g/mol. The summed E-state index contributed by atoms with van der Waals surface area (Å²) >= 11 is 0. The van der Waals surface area contributed by atoms with Crippen LogP contribution in [-0.4, -0.2) is 59.4 Å². The first-order valence-corrected chi connectivity index (χ1v) is 8.92. The minimum absolute atomic E-state index is 0. The summed E-state index contributed by atoms with van der Waals surface area (Å²) in [5.41, 5.74) is 0. The standard InChI is InChI=1S/C17H29N5O2.HI/c1-3-18-17(19-9-5-11-22-12-6-10-20-22)21-13-7-15(8-14-21)16(23)24-4-2;/h6,10,12,15H,3-5,7-9,11,13-14H2,1-2H3,(H,18,19);1H. The Morgan fingerprint density at radius 2 is 2.12 bits per heavy atom. The van der Waals surface area contributed by atoms with Gasteiger partial charge in [-0.1, -0.05) is 0 Å². The van der Waals surface area contributed by atoms with Crippen molar-refractivity contribution < 1.29 is 9.53 Å². The Balaban J connectivity index is 0.00000312. The number of nitrogens with one attached hydrogen (secondary N) is 1. The van der Waals surface area contributed by atoms with Crippen LogP contribution in [-0.2, 0) is 16.1 Å². The van der Waals surface area contributed by atoms with Crippen molar-refractivity contribution in [2.75, 3.05) is 32.8 Å². The van der Waals surface area contributed by atoms with E-state index in [0.29, 0.717) is 6.61 Å². The molecule has 1 aliphatic heterocycles. The highest BCUT2D eigenvalue weighted by molar-refractivity contribution is 14.0. The topological polar surface area (TPSA) is 71.8 Å². The number of nitrogens with zero attached hydrogens (tertiary/aromatic N) is 4. The summed E-state index contributed by atoms with van der Waals surface area (Å²) in [6.45, 7) is 8.55. The third-order valence-electron chi connectivity index (χ3n) is 4.12. The molecular formula is C17H30IN5O2. The second-order valence-electron chi connectivity index (χ2n) is 5.87. The Morgan fingerprint density at radius 1 is 1.36 bits per heavy atom.